The summed E-state index contributed by atoms with van der Waals surface area (Å²) in [5.41, 5.74) is 1.04. The molecule has 2 atom stereocenters. The van der Waals surface area contributed by atoms with Crippen LogP contribution in [0, 0.1) is 0 Å². The summed E-state index contributed by atoms with van der Waals surface area (Å²) in [6, 6.07) is 9.98. The van der Waals surface area contributed by atoms with Gasteiger partial charge in [-0.3, -0.25) is 0 Å². The molecule has 0 saturated carbocycles. The molecule has 1 N–H and O–H groups in total. The molecule has 0 spiro atoms. The Morgan fingerprint density at radius 2 is 2.11 bits per heavy atom. The molecule has 1 aromatic carbocycles. The Balaban J connectivity index is 1.95. The zero-order chi connectivity index (χ0) is 13.0. The van der Waals surface area contributed by atoms with Crippen molar-refractivity contribution in [2.45, 2.75) is 18.8 Å². The minimum Gasteiger partial charge on any atom is -0.395 e. The lowest BCUT2D eigenvalue weighted by Crippen LogP contribution is -2.33. The van der Waals surface area contributed by atoms with Crippen molar-refractivity contribution in [3.63, 3.8) is 0 Å². The van der Waals surface area contributed by atoms with E-state index in [-0.39, 0.29) is 12.7 Å². The van der Waals surface area contributed by atoms with Crippen molar-refractivity contribution in [3.05, 3.63) is 35.9 Å². The molecule has 18 heavy (non-hydrogen) atoms. The van der Waals surface area contributed by atoms with Crippen LogP contribution in [0.2, 0.25) is 0 Å². The van der Waals surface area contributed by atoms with Crippen molar-refractivity contribution in [3.8, 4) is 0 Å². The highest BCUT2D eigenvalue weighted by Crippen LogP contribution is 2.33. The predicted molar refractivity (Wildman–Crippen MR) is 69.2 cm³/mol. The van der Waals surface area contributed by atoms with Gasteiger partial charge in [-0.15, -0.1) is 0 Å². The number of likely N-dealkylation sites (N-methyl/N-ethyl adjacent to an activating group) is 1. The van der Waals surface area contributed by atoms with Crippen LogP contribution in [-0.4, -0.2) is 49.5 Å². The van der Waals surface area contributed by atoms with Crippen molar-refractivity contribution in [1.29, 1.82) is 0 Å². The molecule has 1 heterocycles. The molecular weight excluding hydrogens is 230 g/mol. The molecule has 100 valence electrons. The Hall–Kier alpha value is -0.940. The zero-order valence-electron chi connectivity index (χ0n) is 11.0. The first-order chi connectivity index (χ1) is 8.64. The van der Waals surface area contributed by atoms with Crippen LogP contribution in [0.15, 0.2) is 30.3 Å². The Kier molecular flexibility index (Phi) is 4.35. The van der Waals surface area contributed by atoms with E-state index < -0.39 is 5.79 Å². The van der Waals surface area contributed by atoms with Gasteiger partial charge in [-0.05, 0) is 14.0 Å². The van der Waals surface area contributed by atoms with Gasteiger partial charge >= 0.3 is 0 Å². The van der Waals surface area contributed by atoms with Gasteiger partial charge in [-0.1, -0.05) is 30.3 Å². The lowest BCUT2D eigenvalue weighted by atomic mass is 10.1. The maximum atomic E-state index is 8.88. The number of nitrogens with zero attached hydrogens (tertiary/aromatic N) is 1. The first-order valence-corrected chi connectivity index (χ1v) is 6.31. The van der Waals surface area contributed by atoms with Gasteiger partial charge in [0.1, 0.15) is 0 Å². The third-order valence-corrected chi connectivity index (χ3v) is 3.23. The molecule has 1 saturated heterocycles. The summed E-state index contributed by atoms with van der Waals surface area (Å²) in [6.07, 6.45) is 0.0479. The van der Waals surface area contributed by atoms with Crippen molar-refractivity contribution in [2.75, 3.05) is 33.4 Å². The first kappa shape index (κ1) is 13.5. The minimum atomic E-state index is -0.647. The van der Waals surface area contributed by atoms with Gasteiger partial charge in [-0.25, -0.2) is 0 Å². The summed E-state index contributed by atoms with van der Waals surface area (Å²) in [6.45, 7) is 4.13. The molecule has 2 rings (SSSR count). The topological polar surface area (TPSA) is 41.9 Å². The number of hydrogen-bond donors (Lipinski definition) is 1. The second-order valence-corrected chi connectivity index (χ2v) is 4.85. The quantitative estimate of drug-likeness (QED) is 0.854. The average Bonchev–Trinajstić information content (AvgIpc) is 2.74. The number of benzene rings is 1. The van der Waals surface area contributed by atoms with E-state index in [1.807, 2.05) is 49.2 Å². The smallest absolute Gasteiger partial charge is 0.192 e. The van der Waals surface area contributed by atoms with Gasteiger partial charge in [0.2, 0.25) is 0 Å². The molecular formula is C14H21NO3. The number of rotatable bonds is 5. The van der Waals surface area contributed by atoms with E-state index in [1.165, 1.54) is 0 Å². The van der Waals surface area contributed by atoms with E-state index in [9.17, 15) is 0 Å². The number of ether oxygens (including phenoxy) is 2. The van der Waals surface area contributed by atoms with E-state index in [1.54, 1.807) is 0 Å². The fourth-order valence-electron chi connectivity index (χ4n) is 2.23. The Bertz CT molecular complexity index is 371. The van der Waals surface area contributed by atoms with Gasteiger partial charge in [-0.2, -0.15) is 0 Å². The molecule has 1 aliphatic heterocycles. The molecule has 1 aliphatic rings. The Morgan fingerprint density at radius 3 is 2.78 bits per heavy atom. The molecule has 2 unspecified atom stereocenters. The van der Waals surface area contributed by atoms with Crippen molar-refractivity contribution in [1.82, 2.24) is 4.90 Å². The number of hydrogen-bond acceptors (Lipinski definition) is 4. The summed E-state index contributed by atoms with van der Waals surface area (Å²) in [7, 11) is 1.97. The standard InChI is InChI=1S/C14H21NO3/c1-14(12-6-4-3-5-7-12)17-11-13(18-14)10-15(2)8-9-16/h3-7,13,16H,8-11H2,1-2H3. The molecule has 0 radical (unpaired) electrons. The summed E-state index contributed by atoms with van der Waals surface area (Å²) < 4.78 is 11.8. The molecule has 0 aromatic heterocycles. The Morgan fingerprint density at radius 1 is 1.39 bits per heavy atom. The van der Waals surface area contributed by atoms with Crippen LogP contribution in [0.1, 0.15) is 12.5 Å². The normalized spacial score (nSPS) is 27.9. The minimum absolute atomic E-state index is 0.0479. The maximum Gasteiger partial charge on any atom is 0.192 e. The first-order valence-electron chi connectivity index (χ1n) is 6.31. The lowest BCUT2D eigenvalue weighted by molar-refractivity contribution is -0.163. The molecule has 0 bridgehead atoms. The summed E-state index contributed by atoms with van der Waals surface area (Å²) in [4.78, 5) is 2.05. The van der Waals surface area contributed by atoms with Crippen LogP contribution < -0.4 is 0 Å². The fraction of sp³-hybridized carbons (Fsp3) is 0.571. The maximum absolute atomic E-state index is 8.88. The monoisotopic (exact) mass is 251 g/mol. The third-order valence-electron chi connectivity index (χ3n) is 3.23. The van der Waals surface area contributed by atoms with Crippen molar-refractivity contribution >= 4 is 0 Å². The van der Waals surface area contributed by atoms with Crippen LogP contribution in [0.3, 0.4) is 0 Å². The SMILES string of the molecule is CN(CCO)CC1COC(C)(c2ccccc2)O1. The molecule has 0 aliphatic carbocycles. The number of aliphatic hydroxyl groups excluding tert-OH is 1. The lowest BCUT2D eigenvalue weighted by Gasteiger charge is -2.25. The van der Waals surface area contributed by atoms with Gasteiger partial charge in [0.15, 0.2) is 5.79 Å². The van der Waals surface area contributed by atoms with Crippen LogP contribution in [0.4, 0.5) is 0 Å². The van der Waals surface area contributed by atoms with E-state index in [0.29, 0.717) is 13.2 Å². The molecule has 4 nitrogen and oxygen atoms in total. The zero-order valence-corrected chi connectivity index (χ0v) is 11.0. The molecule has 0 amide bonds. The third kappa shape index (κ3) is 3.09. The second-order valence-electron chi connectivity index (χ2n) is 4.85. The van der Waals surface area contributed by atoms with E-state index in [2.05, 4.69) is 0 Å². The van der Waals surface area contributed by atoms with Crippen LogP contribution in [-0.2, 0) is 15.3 Å². The van der Waals surface area contributed by atoms with Crippen molar-refractivity contribution in [2.24, 2.45) is 0 Å². The van der Waals surface area contributed by atoms with Crippen LogP contribution in [0.25, 0.3) is 0 Å². The van der Waals surface area contributed by atoms with Gasteiger partial charge in [0, 0.05) is 18.7 Å². The average molecular weight is 251 g/mol. The van der Waals surface area contributed by atoms with Crippen LogP contribution in [0.5, 0.6) is 0 Å². The van der Waals surface area contributed by atoms with Gasteiger partial charge < -0.3 is 19.5 Å². The number of aliphatic hydroxyl groups is 1. The molecule has 4 heteroatoms. The van der Waals surface area contributed by atoms with E-state index in [4.69, 9.17) is 14.6 Å². The highest BCUT2D eigenvalue weighted by Gasteiger charge is 2.38. The van der Waals surface area contributed by atoms with Crippen molar-refractivity contribution < 1.29 is 14.6 Å². The highest BCUT2D eigenvalue weighted by molar-refractivity contribution is 5.20. The van der Waals surface area contributed by atoms with E-state index in [0.717, 1.165) is 12.1 Å². The largest absolute Gasteiger partial charge is 0.395 e. The predicted octanol–water partition coefficient (Wildman–Crippen LogP) is 1.20. The second kappa shape index (κ2) is 5.80. The molecule has 1 aromatic rings. The van der Waals surface area contributed by atoms with Gasteiger partial charge in [0.25, 0.3) is 0 Å². The summed E-state index contributed by atoms with van der Waals surface area (Å²) in [5.74, 6) is -0.647. The summed E-state index contributed by atoms with van der Waals surface area (Å²) in [5, 5.41) is 8.88. The van der Waals surface area contributed by atoms with Crippen LogP contribution >= 0.6 is 0 Å². The fourth-order valence-corrected chi connectivity index (χ4v) is 2.23. The Labute approximate surface area is 108 Å². The molecule has 1 fully saturated rings. The highest BCUT2D eigenvalue weighted by atomic mass is 16.7. The van der Waals surface area contributed by atoms with E-state index >= 15 is 0 Å². The van der Waals surface area contributed by atoms with Gasteiger partial charge in [0.05, 0.1) is 19.3 Å². The summed E-state index contributed by atoms with van der Waals surface area (Å²) >= 11 is 0.